The van der Waals surface area contributed by atoms with E-state index in [-0.39, 0.29) is 17.7 Å². The van der Waals surface area contributed by atoms with Gasteiger partial charge in [-0.05, 0) is 17.5 Å². The third-order valence-electron chi connectivity index (χ3n) is 5.41. The van der Waals surface area contributed by atoms with Gasteiger partial charge in [0.2, 0.25) is 0 Å². The summed E-state index contributed by atoms with van der Waals surface area (Å²) in [7, 11) is 0. The van der Waals surface area contributed by atoms with Crippen molar-refractivity contribution in [1.29, 1.82) is 0 Å². The van der Waals surface area contributed by atoms with Crippen LogP contribution in [0.25, 0.3) is 0 Å². The van der Waals surface area contributed by atoms with E-state index in [1.165, 1.54) is 11.1 Å². The molecule has 1 saturated heterocycles. The highest BCUT2D eigenvalue weighted by molar-refractivity contribution is 5.87. The van der Waals surface area contributed by atoms with Gasteiger partial charge in [-0.3, -0.25) is 9.80 Å². The minimum atomic E-state index is -0.905. The Hall–Kier alpha value is -2.43. The van der Waals surface area contributed by atoms with E-state index >= 15 is 0 Å². The Morgan fingerprint density at radius 2 is 1.44 bits per heavy atom. The number of nitrogens with zero attached hydrogens (tertiary/aromatic N) is 2. The van der Waals surface area contributed by atoms with Crippen molar-refractivity contribution in [1.82, 2.24) is 9.80 Å². The number of carboxylic acids is 1. The number of piperazine rings is 1. The molecule has 0 aromatic heterocycles. The largest absolute Gasteiger partial charge is 0.478 e. The van der Waals surface area contributed by atoms with Crippen molar-refractivity contribution in [2.75, 3.05) is 13.1 Å². The molecule has 0 aliphatic carbocycles. The van der Waals surface area contributed by atoms with Crippen molar-refractivity contribution in [3.63, 3.8) is 0 Å². The molecule has 0 radical (unpaired) electrons. The fraction of sp³-hybridized carbons (Fsp3) is 0.348. The highest BCUT2D eigenvalue weighted by Crippen LogP contribution is 2.28. The summed E-state index contributed by atoms with van der Waals surface area (Å²) in [4.78, 5) is 16.5. The van der Waals surface area contributed by atoms with Crippen LogP contribution in [-0.4, -0.2) is 46.0 Å². The van der Waals surface area contributed by atoms with Crippen LogP contribution in [0.5, 0.6) is 0 Å². The molecule has 1 fully saturated rings. The molecule has 1 aliphatic rings. The average molecular weight is 364 g/mol. The maximum absolute atomic E-state index is 11.8. The molecule has 2 atom stereocenters. The summed E-state index contributed by atoms with van der Waals surface area (Å²) in [5.74, 6) is -0.905. The predicted octanol–water partition coefficient (Wildman–Crippen LogP) is 3.79. The lowest BCUT2D eigenvalue weighted by Gasteiger charge is -2.48. The van der Waals surface area contributed by atoms with Crippen molar-refractivity contribution in [3.8, 4) is 0 Å². The van der Waals surface area contributed by atoms with Gasteiger partial charge >= 0.3 is 5.97 Å². The van der Waals surface area contributed by atoms with E-state index in [4.69, 9.17) is 0 Å². The van der Waals surface area contributed by atoms with E-state index in [2.05, 4.69) is 59.7 Å². The Bertz CT molecular complexity index is 760. The predicted molar refractivity (Wildman–Crippen MR) is 108 cm³/mol. The zero-order valence-electron chi connectivity index (χ0n) is 15.9. The van der Waals surface area contributed by atoms with Gasteiger partial charge in [0.25, 0.3) is 0 Å². The molecular weight excluding hydrogens is 336 g/mol. The Morgan fingerprint density at radius 3 is 1.93 bits per heavy atom. The fourth-order valence-corrected chi connectivity index (χ4v) is 4.08. The van der Waals surface area contributed by atoms with E-state index in [0.717, 1.165) is 32.6 Å². The van der Waals surface area contributed by atoms with E-state index < -0.39 is 5.97 Å². The topological polar surface area (TPSA) is 43.8 Å². The Balaban J connectivity index is 1.84. The normalized spacial score (nSPS) is 21.1. The van der Waals surface area contributed by atoms with Gasteiger partial charge in [-0.2, -0.15) is 0 Å². The first-order valence-corrected chi connectivity index (χ1v) is 9.58. The van der Waals surface area contributed by atoms with Gasteiger partial charge in [0.15, 0.2) is 0 Å². The van der Waals surface area contributed by atoms with Gasteiger partial charge in [-0.15, -0.1) is 0 Å². The van der Waals surface area contributed by atoms with Gasteiger partial charge < -0.3 is 5.11 Å². The van der Waals surface area contributed by atoms with Gasteiger partial charge in [0, 0.05) is 37.8 Å². The molecule has 0 spiro atoms. The fourth-order valence-electron chi connectivity index (χ4n) is 4.08. The first-order valence-electron chi connectivity index (χ1n) is 9.58. The van der Waals surface area contributed by atoms with Crippen molar-refractivity contribution >= 4 is 5.97 Å². The van der Waals surface area contributed by atoms with E-state index in [1.807, 2.05) is 24.3 Å². The minimum absolute atomic E-state index is 0.131. The first kappa shape index (κ1) is 19.3. The molecule has 1 heterocycles. The number of carbonyl (C=O) groups is 1. The number of rotatable bonds is 7. The van der Waals surface area contributed by atoms with Crippen LogP contribution in [0.4, 0.5) is 0 Å². The summed E-state index contributed by atoms with van der Waals surface area (Å²) in [5, 5.41) is 9.66. The molecule has 0 saturated carbocycles. The molecule has 2 aromatic rings. The van der Waals surface area contributed by atoms with Crippen LogP contribution in [-0.2, 0) is 17.9 Å². The molecule has 142 valence electrons. The van der Waals surface area contributed by atoms with Gasteiger partial charge in [-0.1, -0.05) is 74.2 Å². The quantitative estimate of drug-likeness (QED) is 0.759. The molecule has 1 N–H and O–H groups in total. The van der Waals surface area contributed by atoms with E-state index in [9.17, 15) is 9.90 Å². The summed E-state index contributed by atoms with van der Waals surface area (Å²) in [6.45, 7) is 9.40. The van der Waals surface area contributed by atoms with E-state index in [1.54, 1.807) is 0 Å². The highest BCUT2D eigenvalue weighted by atomic mass is 16.4. The average Bonchev–Trinajstić information content (AvgIpc) is 2.69. The molecule has 3 rings (SSSR count). The lowest BCUT2D eigenvalue weighted by molar-refractivity contribution is -0.134. The second-order valence-electron chi connectivity index (χ2n) is 7.16. The van der Waals surface area contributed by atoms with E-state index in [0.29, 0.717) is 0 Å². The lowest BCUT2D eigenvalue weighted by Crippen LogP contribution is -2.59. The SMILES string of the molecule is C=C(C(=O)O)C1C(CC)N(Cc2ccccc2)CCN1Cc1ccccc1. The van der Waals surface area contributed by atoms with Crippen LogP contribution in [0.2, 0.25) is 0 Å². The Morgan fingerprint density at radius 1 is 0.963 bits per heavy atom. The molecule has 0 amide bonds. The molecule has 1 aliphatic heterocycles. The van der Waals surface area contributed by atoms with Crippen LogP contribution in [0, 0.1) is 0 Å². The Kier molecular flexibility index (Phi) is 6.43. The van der Waals surface area contributed by atoms with Gasteiger partial charge in [0.05, 0.1) is 6.04 Å². The molecular formula is C23H28N2O2. The van der Waals surface area contributed by atoms with Crippen molar-refractivity contribution < 1.29 is 9.90 Å². The van der Waals surface area contributed by atoms with Crippen LogP contribution < -0.4 is 0 Å². The van der Waals surface area contributed by atoms with Crippen molar-refractivity contribution in [3.05, 3.63) is 83.9 Å². The molecule has 4 heteroatoms. The van der Waals surface area contributed by atoms with Crippen LogP contribution >= 0.6 is 0 Å². The van der Waals surface area contributed by atoms with Crippen LogP contribution in [0.1, 0.15) is 24.5 Å². The van der Waals surface area contributed by atoms with Crippen LogP contribution in [0.3, 0.4) is 0 Å². The molecule has 2 aromatic carbocycles. The maximum Gasteiger partial charge on any atom is 0.332 e. The Labute approximate surface area is 161 Å². The van der Waals surface area contributed by atoms with Crippen molar-refractivity contribution in [2.24, 2.45) is 0 Å². The summed E-state index contributed by atoms with van der Waals surface area (Å²) in [5.41, 5.74) is 2.75. The maximum atomic E-state index is 11.8. The molecule has 4 nitrogen and oxygen atoms in total. The number of carboxylic acid groups (broad SMARTS) is 1. The van der Waals surface area contributed by atoms with Crippen molar-refractivity contribution in [2.45, 2.75) is 38.5 Å². The standard InChI is InChI=1S/C23H28N2O2/c1-3-21-22(18(2)23(26)27)25(17-20-12-8-5-9-13-20)15-14-24(21)16-19-10-6-4-7-11-19/h4-13,21-22H,2-3,14-17H2,1H3,(H,26,27). The monoisotopic (exact) mass is 364 g/mol. The lowest BCUT2D eigenvalue weighted by atomic mass is 9.91. The zero-order valence-corrected chi connectivity index (χ0v) is 15.9. The highest BCUT2D eigenvalue weighted by Gasteiger charge is 2.38. The molecule has 2 unspecified atom stereocenters. The second-order valence-corrected chi connectivity index (χ2v) is 7.16. The molecule has 0 bridgehead atoms. The van der Waals surface area contributed by atoms with Crippen LogP contribution in [0.15, 0.2) is 72.8 Å². The summed E-state index contributed by atoms with van der Waals surface area (Å²) < 4.78 is 0. The third kappa shape index (κ3) is 4.65. The summed E-state index contributed by atoms with van der Waals surface area (Å²) >= 11 is 0. The smallest absolute Gasteiger partial charge is 0.332 e. The number of aliphatic carboxylic acids is 1. The summed E-state index contributed by atoms with van der Waals surface area (Å²) in [6, 6.07) is 20.6. The zero-order chi connectivity index (χ0) is 19.2. The number of hydrogen-bond donors (Lipinski definition) is 1. The molecule has 27 heavy (non-hydrogen) atoms. The van der Waals surface area contributed by atoms with Gasteiger partial charge in [0.1, 0.15) is 0 Å². The van der Waals surface area contributed by atoms with Gasteiger partial charge in [-0.25, -0.2) is 4.79 Å². The third-order valence-corrected chi connectivity index (χ3v) is 5.41. The summed E-state index contributed by atoms with van der Waals surface area (Å²) in [6.07, 6.45) is 0.884. The number of hydrogen-bond acceptors (Lipinski definition) is 3. The first-order chi connectivity index (χ1) is 13.1. The number of benzene rings is 2. The minimum Gasteiger partial charge on any atom is -0.478 e. The second kappa shape index (κ2) is 8.98.